The van der Waals surface area contributed by atoms with Crippen molar-refractivity contribution in [2.24, 2.45) is 11.3 Å². The van der Waals surface area contributed by atoms with E-state index in [1.165, 1.54) is 38.2 Å². The first kappa shape index (κ1) is 11.2. The molecule has 2 heterocycles. The van der Waals surface area contributed by atoms with Crippen molar-refractivity contribution in [1.29, 1.82) is 0 Å². The summed E-state index contributed by atoms with van der Waals surface area (Å²) in [5, 5.41) is 3.55. The number of benzene rings is 1. The highest BCUT2D eigenvalue weighted by Gasteiger charge is 2.43. The van der Waals surface area contributed by atoms with E-state index in [0.29, 0.717) is 5.41 Å². The zero-order chi connectivity index (χ0) is 11.7. The van der Waals surface area contributed by atoms with Crippen molar-refractivity contribution < 1.29 is 0 Å². The zero-order valence-electron chi connectivity index (χ0n) is 10.7. The Morgan fingerprint density at radius 3 is 2.94 bits per heavy atom. The Balaban J connectivity index is 1.67. The van der Waals surface area contributed by atoms with E-state index in [2.05, 4.69) is 47.5 Å². The molecule has 0 amide bonds. The largest absolute Gasteiger partial charge is 0.316 e. The first-order valence-corrected chi connectivity index (χ1v) is 6.73. The van der Waals surface area contributed by atoms with Gasteiger partial charge < -0.3 is 5.32 Å². The van der Waals surface area contributed by atoms with Gasteiger partial charge in [-0.05, 0) is 29.9 Å². The topological polar surface area (TPSA) is 15.3 Å². The van der Waals surface area contributed by atoms with E-state index >= 15 is 0 Å². The minimum Gasteiger partial charge on any atom is -0.316 e. The molecule has 2 fully saturated rings. The molecule has 0 spiro atoms. The van der Waals surface area contributed by atoms with Gasteiger partial charge in [0.25, 0.3) is 0 Å². The molecule has 2 aliphatic rings. The second-order valence-corrected chi connectivity index (χ2v) is 5.97. The molecule has 2 aliphatic heterocycles. The molecule has 1 unspecified atom stereocenters. The number of piperidine rings is 1. The summed E-state index contributed by atoms with van der Waals surface area (Å²) in [6.07, 6.45) is 1.35. The van der Waals surface area contributed by atoms with Crippen molar-refractivity contribution in [1.82, 2.24) is 10.2 Å². The minimum absolute atomic E-state index is 0.507. The zero-order valence-corrected chi connectivity index (χ0v) is 10.7. The highest BCUT2D eigenvalue weighted by molar-refractivity contribution is 5.15. The molecule has 92 valence electrons. The molecule has 0 bridgehead atoms. The lowest BCUT2D eigenvalue weighted by molar-refractivity contribution is 0.188. The second-order valence-electron chi connectivity index (χ2n) is 5.97. The van der Waals surface area contributed by atoms with Crippen LogP contribution in [0.15, 0.2) is 30.3 Å². The lowest BCUT2D eigenvalue weighted by Gasteiger charge is -2.35. The van der Waals surface area contributed by atoms with E-state index in [1.54, 1.807) is 0 Å². The fourth-order valence-electron chi connectivity index (χ4n) is 3.49. The van der Waals surface area contributed by atoms with Crippen LogP contribution in [-0.4, -0.2) is 31.1 Å². The Labute approximate surface area is 104 Å². The normalized spacial score (nSPS) is 33.6. The molecule has 1 aromatic carbocycles. The number of likely N-dealkylation sites (tertiary alicyclic amines) is 1. The van der Waals surface area contributed by atoms with Gasteiger partial charge in [-0.2, -0.15) is 0 Å². The van der Waals surface area contributed by atoms with E-state index in [4.69, 9.17) is 0 Å². The fraction of sp³-hybridized carbons (Fsp3) is 0.600. The summed E-state index contributed by atoms with van der Waals surface area (Å²) in [6, 6.07) is 10.9. The van der Waals surface area contributed by atoms with E-state index in [0.717, 1.165) is 12.5 Å². The first-order valence-electron chi connectivity index (χ1n) is 6.73. The maximum Gasteiger partial charge on any atom is 0.0234 e. The van der Waals surface area contributed by atoms with Gasteiger partial charge in [0.05, 0.1) is 0 Å². The summed E-state index contributed by atoms with van der Waals surface area (Å²) in [7, 11) is 0. The third-order valence-electron chi connectivity index (χ3n) is 4.50. The fourth-order valence-corrected chi connectivity index (χ4v) is 3.49. The molecule has 0 radical (unpaired) electrons. The standard InChI is InChI=1S/C15H22N2/c1-15-11-16-8-7-14(15)10-17(12-15)9-13-5-3-2-4-6-13/h2-6,14,16H,7-12H2,1H3/t14?,15-/m0/s1. The minimum atomic E-state index is 0.507. The predicted octanol–water partition coefficient (Wildman–Crippen LogP) is 2.12. The van der Waals surface area contributed by atoms with E-state index in [9.17, 15) is 0 Å². The van der Waals surface area contributed by atoms with Crippen molar-refractivity contribution in [3.63, 3.8) is 0 Å². The second kappa shape index (κ2) is 4.43. The van der Waals surface area contributed by atoms with E-state index in [1.807, 2.05) is 0 Å². The Bertz CT molecular complexity index is 376. The van der Waals surface area contributed by atoms with Gasteiger partial charge in [-0.3, -0.25) is 4.90 Å². The molecular weight excluding hydrogens is 208 g/mol. The van der Waals surface area contributed by atoms with Crippen LogP contribution in [0.2, 0.25) is 0 Å². The van der Waals surface area contributed by atoms with E-state index < -0.39 is 0 Å². The lowest BCUT2D eigenvalue weighted by atomic mass is 9.76. The number of hydrogen-bond acceptors (Lipinski definition) is 2. The van der Waals surface area contributed by atoms with Crippen LogP contribution in [0, 0.1) is 11.3 Å². The van der Waals surface area contributed by atoms with Crippen LogP contribution in [0.25, 0.3) is 0 Å². The van der Waals surface area contributed by atoms with Gasteiger partial charge in [0, 0.05) is 26.2 Å². The summed E-state index contributed by atoms with van der Waals surface area (Å²) >= 11 is 0. The summed E-state index contributed by atoms with van der Waals surface area (Å²) < 4.78 is 0. The van der Waals surface area contributed by atoms with Crippen LogP contribution < -0.4 is 5.32 Å². The number of rotatable bonds is 2. The molecule has 2 heteroatoms. The molecule has 0 saturated carbocycles. The average Bonchev–Trinajstić information content (AvgIpc) is 2.66. The van der Waals surface area contributed by atoms with Crippen LogP contribution >= 0.6 is 0 Å². The Hall–Kier alpha value is -0.860. The molecule has 0 aromatic heterocycles. The molecule has 0 aliphatic carbocycles. The summed E-state index contributed by atoms with van der Waals surface area (Å²) in [5.41, 5.74) is 1.95. The van der Waals surface area contributed by atoms with Gasteiger partial charge in [-0.15, -0.1) is 0 Å². The van der Waals surface area contributed by atoms with Crippen molar-refractivity contribution in [2.45, 2.75) is 19.9 Å². The summed E-state index contributed by atoms with van der Waals surface area (Å²) in [6.45, 7) is 8.51. The number of nitrogens with zero attached hydrogens (tertiary/aromatic N) is 1. The van der Waals surface area contributed by atoms with Gasteiger partial charge >= 0.3 is 0 Å². The van der Waals surface area contributed by atoms with Crippen LogP contribution in [0.3, 0.4) is 0 Å². The van der Waals surface area contributed by atoms with Crippen LogP contribution in [0.5, 0.6) is 0 Å². The van der Waals surface area contributed by atoms with Gasteiger partial charge in [0.15, 0.2) is 0 Å². The Kier molecular flexibility index (Phi) is 2.93. The third kappa shape index (κ3) is 2.24. The molecule has 2 nitrogen and oxygen atoms in total. The highest BCUT2D eigenvalue weighted by Crippen LogP contribution is 2.39. The highest BCUT2D eigenvalue weighted by atomic mass is 15.2. The van der Waals surface area contributed by atoms with Crippen LogP contribution in [0.1, 0.15) is 18.9 Å². The van der Waals surface area contributed by atoms with Crippen molar-refractivity contribution in [3.05, 3.63) is 35.9 Å². The summed E-state index contributed by atoms with van der Waals surface area (Å²) in [5.74, 6) is 0.896. The molecule has 2 saturated heterocycles. The predicted molar refractivity (Wildman–Crippen MR) is 70.8 cm³/mol. The van der Waals surface area contributed by atoms with Crippen molar-refractivity contribution in [2.75, 3.05) is 26.2 Å². The molecule has 2 atom stereocenters. The van der Waals surface area contributed by atoms with Gasteiger partial charge in [0.1, 0.15) is 0 Å². The monoisotopic (exact) mass is 230 g/mol. The number of fused-ring (bicyclic) bond motifs is 1. The Morgan fingerprint density at radius 1 is 1.35 bits per heavy atom. The maximum atomic E-state index is 3.55. The first-order chi connectivity index (χ1) is 8.26. The quantitative estimate of drug-likeness (QED) is 0.837. The lowest BCUT2D eigenvalue weighted by Crippen LogP contribution is -2.44. The smallest absolute Gasteiger partial charge is 0.0234 e. The van der Waals surface area contributed by atoms with Crippen LogP contribution in [0.4, 0.5) is 0 Å². The molecule has 3 rings (SSSR count). The molecule has 1 N–H and O–H groups in total. The van der Waals surface area contributed by atoms with Crippen molar-refractivity contribution in [3.8, 4) is 0 Å². The van der Waals surface area contributed by atoms with Gasteiger partial charge in [-0.25, -0.2) is 0 Å². The van der Waals surface area contributed by atoms with Crippen LogP contribution in [-0.2, 0) is 6.54 Å². The molecule has 17 heavy (non-hydrogen) atoms. The average molecular weight is 230 g/mol. The SMILES string of the molecule is C[C@@]12CNCCC1CN(Cc1ccccc1)C2. The van der Waals surface area contributed by atoms with Gasteiger partial charge in [-0.1, -0.05) is 37.3 Å². The third-order valence-corrected chi connectivity index (χ3v) is 4.50. The number of hydrogen-bond donors (Lipinski definition) is 1. The summed E-state index contributed by atoms with van der Waals surface area (Å²) in [4.78, 5) is 2.63. The maximum absolute atomic E-state index is 3.55. The van der Waals surface area contributed by atoms with E-state index in [-0.39, 0.29) is 0 Å². The van der Waals surface area contributed by atoms with Crippen molar-refractivity contribution >= 4 is 0 Å². The molecule has 1 aromatic rings. The Morgan fingerprint density at radius 2 is 2.18 bits per heavy atom. The van der Waals surface area contributed by atoms with Gasteiger partial charge in [0.2, 0.25) is 0 Å². The molecular formula is C15H22N2. The number of nitrogens with one attached hydrogen (secondary N) is 1.